The van der Waals surface area contributed by atoms with Crippen LogP contribution >= 0.6 is 0 Å². The molecule has 0 aliphatic carbocycles. The molecule has 0 radical (unpaired) electrons. The number of benzene rings is 1. The number of hydrogen-bond donors (Lipinski definition) is 1. The molecule has 2 unspecified atom stereocenters. The Hall–Kier alpha value is -0.860. The zero-order valence-electron chi connectivity index (χ0n) is 10.9. The van der Waals surface area contributed by atoms with Crippen molar-refractivity contribution in [3.8, 4) is 0 Å². The van der Waals surface area contributed by atoms with Gasteiger partial charge in [-0.05, 0) is 31.7 Å². The highest BCUT2D eigenvalue weighted by molar-refractivity contribution is 5.18. The summed E-state index contributed by atoms with van der Waals surface area (Å²) in [7, 11) is 0. The Labute approximate surface area is 104 Å². The van der Waals surface area contributed by atoms with E-state index in [-0.39, 0.29) is 0 Å². The van der Waals surface area contributed by atoms with Gasteiger partial charge in [0.25, 0.3) is 0 Å². The minimum atomic E-state index is 0.428. The van der Waals surface area contributed by atoms with E-state index in [9.17, 15) is 0 Å². The van der Waals surface area contributed by atoms with Crippen molar-refractivity contribution in [1.29, 1.82) is 0 Å². The molecule has 2 rings (SSSR count). The minimum Gasteiger partial charge on any atom is -0.378 e. The van der Waals surface area contributed by atoms with Gasteiger partial charge in [0.2, 0.25) is 0 Å². The Morgan fingerprint density at radius 1 is 1.35 bits per heavy atom. The molecule has 1 aromatic rings. The fourth-order valence-corrected chi connectivity index (χ4v) is 2.51. The maximum absolute atomic E-state index is 5.70. The van der Waals surface area contributed by atoms with Crippen LogP contribution in [0.3, 0.4) is 0 Å². The van der Waals surface area contributed by atoms with E-state index in [0.717, 1.165) is 25.9 Å². The van der Waals surface area contributed by atoms with Crippen LogP contribution in [0.5, 0.6) is 0 Å². The van der Waals surface area contributed by atoms with Gasteiger partial charge in [-0.15, -0.1) is 0 Å². The summed E-state index contributed by atoms with van der Waals surface area (Å²) in [6.07, 6.45) is 3.85. The molecule has 1 aliphatic rings. The maximum Gasteiger partial charge on any atom is 0.0587 e. The van der Waals surface area contributed by atoms with Crippen LogP contribution in [0, 0.1) is 0 Å². The molecule has 0 spiro atoms. The molecular weight excluding hydrogens is 210 g/mol. The van der Waals surface area contributed by atoms with Crippen molar-refractivity contribution in [2.45, 2.75) is 51.3 Å². The van der Waals surface area contributed by atoms with E-state index in [1.165, 1.54) is 5.56 Å². The fraction of sp³-hybridized carbons (Fsp3) is 0.600. The van der Waals surface area contributed by atoms with E-state index in [4.69, 9.17) is 4.74 Å². The molecule has 94 valence electrons. The van der Waals surface area contributed by atoms with Gasteiger partial charge >= 0.3 is 0 Å². The fourth-order valence-electron chi connectivity index (χ4n) is 2.51. The highest BCUT2D eigenvalue weighted by Crippen LogP contribution is 2.20. The van der Waals surface area contributed by atoms with Gasteiger partial charge in [-0.3, -0.25) is 0 Å². The molecule has 3 atom stereocenters. The normalized spacial score (nSPS) is 26.7. The van der Waals surface area contributed by atoms with E-state index in [0.29, 0.717) is 18.2 Å². The van der Waals surface area contributed by atoms with Crippen molar-refractivity contribution in [1.82, 2.24) is 5.32 Å². The van der Waals surface area contributed by atoms with Gasteiger partial charge in [-0.2, -0.15) is 0 Å². The monoisotopic (exact) mass is 233 g/mol. The number of ether oxygens (including phenoxy) is 1. The zero-order chi connectivity index (χ0) is 12.1. The third-order valence-corrected chi connectivity index (χ3v) is 3.61. The van der Waals surface area contributed by atoms with Crippen LogP contribution < -0.4 is 5.32 Å². The average Bonchev–Trinajstić information content (AvgIpc) is 2.40. The van der Waals surface area contributed by atoms with Gasteiger partial charge in [0.05, 0.1) is 6.10 Å². The summed E-state index contributed by atoms with van der Waals surface area (Å²) in [6, 6.07) is 11.7. The summed E-state index contributed by atoms with van der Waals surface area (Å²) in [5, 5.41) is 3.72. The summed E-state index contributed by atoms with van der Waals surface area (Å²) >= 11 is 0. The molecule has 0 bridgehead atoms. The van der Waals surface area contributed by atoms with Crippen LogP contribution in [0.25, 0.3) is 0 Å². The third-order valence-electron chi connectivity index (χ3n) is 3.61. The molecule has 0 saturated carbocycles. The van der Waals surface area contributed by atoms with Gasteiger partial charge in [0.1, 0.15) is 0 Å². The van der Waals surface area contributed by atoms with Crippen LogP contribution in [-0.4, -0.2) is 18.8 Å². The first-order chi connectivity index (χ1) is 8.29. The first-order valence-corrected chi connectivity index (χ1v) is 6.72. The Bertz CT molecular complexity index is 325. The second-order valence-corrected chi connectivity index (χ2v) is 4.92. The van der Waals surface area contributed by atoms with Crippen LogP contribution in [0.2, 0.25) is 0 Å². The standard InChI is InChI=1S/C15H23NO/c1-3-15-11-14(9-10-17-15)16-12(2)13-7-5-4-6-8-13/h4-8,12,14-16H,3,9-11H2,1-2H3/t12-,14?,15?/m1/s1. The van der Waals surface area contributed by atoms with Crippen molar-refractivity contribution in [2.75, 3.05) is 6.61 Å². The second-order valence-electron chi connectivity index (χ2n) is 4.92. The third kappa shape index (κ3) is 3.55. The summed E-state index contributed by atoms with van der Waals surface area (Å²) in [4.78, 5) is 0. The van der Waals surface area contributed by atoms with Gasteiger partial charge in [0, 0.05) is 18.7 Å². The molecule has 17 heavy (non-hydrogen) atoms. The van der Waals surface area contributed by atoms with Gasteiger partial charge < -0.3 is 10.1 Å². The first-order valence-electron chi connectivity index (χ1n) is 6.72. The topological polar surface area (TPSA) is 21.3 Å². The number of nitrogens with one attached hydrogen (secondary N) is 1. The lowest BCUT2D eigenvalue weighted by Crippen LogP contribution is -2.39. The summed E-state index contributed by atoms with van der Waals surface area (Å²) in [5.41, 5.74) is 1.37. The Kier molecular flexibility index (Phi) is 4.57. The van der Waals surface area contributed by atoms with E-state index < -0.39 is 0 Å². The van der Waals surface area contributed by atoms with Gasteiger partial charge in [-0.1, -0.05) is 37.3 Å². The summed E-state index contributed by atoms with van der Waals surface area (Å²) in [5.74, 6) is 0. The molecule has 2 heteroatoms. The van der Waals surface area contributed by atoms with Crippen LogP contribution in [0.4, 0.5) is 0 Å². The molecule has 1 N–H and O–H groups in total. The lowest BCUT2D eigenvalue weighted by Gasteiger charge is -2.31. The Morgan fingerprint density at radius 2 is 2.12 bits per heavy atom. The molecule has 0 amide bonds. The van der Waals surface area contributed by atoms with Crippen LogP contribution in [-0.2, 0) is 4.74 Å². The maximum atomic E-state index is 5.70. The first kappa shape index (κ1) is 12.6. The molecule has 0 aromatic heterocycles. The second kappa shape index (κ2) is 6.18. The average molecular weight is 233 g/mol. The van der Waals surface area contributed by atoms with Crippen molar-refractivity contribution in [2.24, 2.45) is 0 Å². The Morgan fingerprint density at radius 3 is 2.82 bits per heavy atom. The minimum absolute atomic E-state index is 0.428. The summed E-state index contributed by atoms with van der Waals surface area (Å²) in [6.45, 7) is 5.34. The lowest BCUT2D eigenvalue weighted by molar-refractivity contribution is -0.00165. The molecule has 1 fully saturated rings. The van der Waals surface area contributed by atoms with Crippen molar-refractivity contribution in [3.05, 3.63) is 35.9 Å². The van der Waals surface area contributed by atoms with Crippen molar-refractivity contribution >= 4 is 0 Å². The molecule has 1 heterocycles. The summed E-state index contributed by atoms with van der Waals surface area (Å²) < 4.78 is 5.70. The van der Waals surface area contributed by atoms with E-state index >= 15 is 0 Å². The molecular formula is C15H23NO. The quantitative estimate of drug-likeness (QED) is 0.861. The van der Waals surface area contributed by atoms with Crippen LogP contribution in [0.15, 0.2) is 30.3 Å². The van der Waals surface area contributed by atoms with E-state index in [1.54, 1.807) is 0 Å². The van der Waals surface area contributed by atoms with Gasteiger partial charge in [0.15, 0.2) is 0 Å². The molecule has 1 aliphatic heterocycles. The van der Waals surface area contributed by atoms with Crippen LogP contribution in [0.1, 0.15) is 44.7 Å². The highest BCUT2D eigenvalue weighted by atomic mass is 16.5. The molecule has 1 aromatic carbocycles. The SMILES string of the molecule is CCC1CC(N[C@H](C)c2ccccc2)CCO1. The zero-order valence-corrected chi connectivity index (χ0v) is 10.9. The van der Waals surface area contributed by atoms with E-state index in [2.05, 4.69) is 49.5 Å². The highest BCUT2D eigenvalue weighted by Gasteiger charge is 2.22. The lowest BCUT2D eigenvalue weighted by atomic mass is 9.99. The van der Waals surface area contributed by atoms with Crippen molar-refractivity contribution < 1.29 is 4.74 Å². The number of rotatable bonds is 4. The predicted octanol–water partition coefficient (Wildman–Crippen LogP) is 3.29. The smallest absolute Gasteiger partial charge is 0.0587 e. The molecule has 2 nitrogen and oxygen atoms in total. The largest absolute Gasteiger partial charge is 0.378 e. The number of hydrogen-bond acceptors (Lipinski definition) is 2. The van der Waals surface area contributed by atoms with Crippen molar-refractivity contribution in [3.63, 3.8) is 0 Å². The molecule has 1 saturated heterocycles. The Balaban J connectivity index is 1.88. The predicted molar refractivity (Wildman–Crippen MR) is 71.0 cm³/mol. The van der Waals surface area contributed by atoms with Gasteiger partial charge in [-0.25, -0.2) is 0 Å². The van der Waals surface area contributed by atoms with E-state index in [1.807, 2.05) is 0 Å².